The number of fused-ring (bicyclic) bond motifs is 1. The number of ether oxygens (including phenoxy) is 1. The average molecular weight is 267 g/mol. The Morgan fingerprint density at radius 1 is 1.58 bits per heavy atom. The van der Waals surface area contributed by atoms with E-state index < -0.39 is 11.0 Å². The van der Waals surface area contributed by atoms with Gasteiger partial charge in [-0.05, 0) is 6.07 Å². The van der Waals surface area contributed by atoms with Crippen LogP contribution in [-0.2, 0) is 0 Å². The van der Waals surface area contributed by atoms with E-state index >= 15 is 0 Å². The maximum Gasteiger partial charge on any atom is 0.404 e. The minimum absolute atomic E-state index is 0.0135. The molecule has 1 aromatic carbocycles. The highest BCUT2D eigenvalue weighted by atomic mass is 16.6. The molecule has 0 saturated carbocycles. The summed E-state index contributed by atoms with van der Waals surface area (Å²) in [6.07, 6.45) is -1.09. The summed E-state index contributed by atoms with van der Waals surface area (Å²) in [5, 5.41) is 21.5. The van der Waals surface area contributed by atoms with Crippen molar-refractivity contribution in [3.05, 3.63) is 28.3 Å². The van der Waals surface area contributed by atoms with Crippen LogP contribution >= 0.6 is 0 Å². The predicted octanol–water partition coefficient (Wildman–Crippen LogP) is 1.06. The third-order valence-corrected chi connectivity index (χ3v) is 2.77. The number of rotatable bonds is 4. The molecule has 1 amide bonds. The molecule has 0 spiro atoms. The second-order valence-electron chi connectivity index (χ2n) is 3.98. The van der Waals surface area contributed by atoms with Crippen molar-refractivity contribution in [1.82, 2.24) is 5.32 Å². The van der Waals surface area contributed by atoms with Crippen LogP contribution in [0.5, 0.6) is 5.75 Å². The number of carbonyl (C=O) groups is 1. The van der Waals surface area contributed by atoms with Crippen molar-refractivity contribution in [3.8, 4) is 5.75 Å². The lowest BCUT2D eigenvalue weighted by Crippen LogP contribution is -2.38. The van der Waals surface area contributed by atoms with Gasteiger partial charge in [0.05, 0.1) is 17.2 Å². The first-order valence-corrected chi connectivity index (χ1v) is 5.71. The lowest BCUT2D eigenvalue weighted by atomic mass is 10.2. The molecule has 0 radical (unpaired) electrons. The van der Waals surface area contributed by atoms with E-state index in [2.05, 4.69) is 5.32 Å². The van der Waals surface area contributed by atoms with E-state index in [1.54, 1.807) is 6.07 Å². The molecule has 1 aromatic rings. The number of hydrogen-bond acceptors (Lipinski definition) is 5. The largest absolute Gasteiger partial charge is 0.490 e. The minimum Gasteiger partial charge on any atom is -0.490 e. The summed E-state index contributed by atoms with van der Waals surface area (Å²) in [5.74, 6) is 0.576. The molecule has 102 valence electrons. The van der Waals surface area contributed by atoms with Crippen LogP contribution in [0.1, 0.15) is 0 Å². The molecule has 0 aliphatic carbocycles. The van der Waals surface area contributed by atoms with Gasteiger partial charge in [0.15, 0.2) is 0 Å². The average Bonchev–Trinajstić information content (AvgIpc) is 2.38. The van der Waals surface area contributed by atoms with Gasteiger partial charge in [0, 0.05) is 25.2 Å². The Labute approximate surface area is 108 Å². The van der Waals surface area contributed by atoms with Crippen molar-refractivity contribution in [3.63, 3.8) is 0 Å². The predicted molar refractivity (Wildman–Crippen MR) is 66.8 cm³/mol. The lowest BCUT2D eigenvalue weighted by molar-refractivity contribution is -0.384. The molecular weight excluding hydrogens is 254 g/mol. The number of nitrogens with one attached hydrogen (secondary N) is 1. The molecule has 1 aliphatic rings. The zero-order chi connectivity index (χ0) is 13.8. The molecule has 0 fully saturated rings. The van der Waals surface area contributed by atoms with Gasteiger partial charge in [-0.3, -0.25) is 10.1 Å². The quantitative estimate of drug-likeness (QED) is 0.624. The summed E-state index contributed by atoms with van der Waals surface area (Å²) >= 11 is 0. The fourth-order valence-corrected chi connectivity index (χ4v) is 1.90. The molecule has 2 N–H and O–H groups in total. The third kappa shape index (κ3) is 3.03. The summed E-state index contributed by atoms with van der Waals surface area (Å²) in [7, 11) is 0. The van der Waals surface area contributed by atoms with Crippen molar-refractivity contribution in [2.45, 2.75) is 0 Å². The van der Waals surface area contributed by atoms with Crippen molar-refractivity contribution in [1.29, 1.82) is 0 Å². The monoisotopic (exact) mass is 267 g/mol. The second kappa shape index (κ2) is 5.42. The van der Waals surface area contributed by atoms with Crippen molar-refractivity contribution in [2.75, 3.05) is 31.1 Å². The Hall–Kier alpha value is -2.51. The van der Waals surface area contributed by atoms with Crippen LogP contribution in [0, 0.1) is 10.1 Å². The van der Waals surface area contributed by atoms with Gasteiger partial charge in [-0.2, -0.15) is 0 Å². The van der Waals surface area contributed by atoms with E-state index in [9.17, 15) is 14.9 Å². The summed E-state index contributed by atoms with van der Waals surface area (Å²) < 4.78 is 5.41. The van der Waals surface area contributed by atoms with Crippen LogP contribution in [0.3, 0.4) is 0 Å². The first-order valence-electron chi connectivity index (χ1n) is 5.71. The van der Waals surface area contributed by atoms with E-state index in [1.165, 1.54) is 12.1 Å². The van der Waals surface area contributed by atoms with Crippen molar-refractivity contribution < 1.29 is 19.6 Å². The third-order valence-electron chi connectivity index (χ3n) is 2.77. The number of benzene rings is 1. The molecule has 2 rings (SSSR count). The fraction of sp³-hybridized carbons (Fsp3) is 0.364. The number of nitro benzene ring substituents is 1. The zero-order valence-corrected chi connectivity index (χ0v) is 10.0. The first-order chi connectivity index (χ1) is 9.08. The number of anilines is 1. The van der Waals surface area contributed by atoms with Crippen molar-refractivity contribution in [2.24, 2.45) is 0 Å². The van der Waals surface area contributed by atoms with E-state index in [-0.39, 0.29) is 12.2 Å². The minimum atomic E-state index is -1.09. The summed E-state index contributed by atoms with van der Waals surface area (Å²) in [6.45, 7) is 1.72. The number of amides is 1. The molecule has 8 heteroatoms. The van der Waals surface area contributed by atoms with Gasteiger partial charge >= 0.3 is 6.09 Å². The van der Waals surface area contributed by atoms with E-state index in [4.69, 9.17) is 9.84 Å². The number of nitrogens with zero attached hydrogens (tertiary/aromatic N) is 2. The molecule has 0 atom stereocenters. The molecule has 1 heterocycles. The standard InChI is InChI=1S/C11H13N3O5/c15-11(16)12-3-4-13-5-6-19-10-2-1-8(14(17)18)7-9(10)13/h1-2,7,12H,3-6H2,(H,15,16). The highest BCUT2D eigenvalue weighted by Gasteiger charge is 2.21. The molecule has 19 heavy (non-hydrogen) atoms. The van der Waals surface area contributed by atoms with E-state index in [0.717, 1.165) is 0 Å². The second-order valence-corrected chi connectivity index (χ2v) is 3.98. The van der Waals surface area contributed by atoms with Gasteiger partial charge in [-0.1, -0.05) is 0 Å². The molecule has 8 nitrogen and oxygen atoms in total. The van der Waals surface area contributed by atoms with Crippen LogP contribution in [-0.4, -0.2) is 42.4 Å². The highest BCUT2D eigenvalue weighted by Crippen LogP contribution is 2.34. The van der Waals surface area contributed by atoms with Gasteiger partial charge in [0.25, 0.3) is 5.69 Å². The molecule has 0 aromatic heterocycles. The Morgan fingerprint density at radius 2 is 2.37 bits per heavy atom. The first kappa shape index (κ1) is 12.9. The normalized spacial score (nSPS) is 13.4. The summed E-state index contributed by atoms with van der Waals surface area (Å²) in [5.41, 5.74) is 0.605. The van der Waals surface area contributed by atoms with Crippen LogP contribution in [0.2, 0.25) is 0 Å². The van der Waals surface area contributed by atoms with Crippen LogP contribution < -0.4 is 15.0 Å². The Kier molecular flexibility index (Phi) is 3.69. The van der Waals surface area contributed by atoms with E-state index in [0.29, 0.717) is 31.1 Å². The molecule has 0 unspecified atom stereocenters. The Morgan fingerprint density at radius 3 is 3.05 bits per heavy atom. The van der Waals surface area contributed by atoms with Crippen LogP contribution in [0.25, 0.3) is 0 Å². The fourth-order valence-electron chi connectivity index (χ4n) is 1.90. The number of hydrogen-bond donors (Lipinski definition) is 2. The number of non-ortho nitro benzene ring substituents is 1. The Balaban J connectivity index is 2.14. The number of nitro groups is 1. The van der Waals surface area contributed by atoms with Gasteiger partial charge < -0.3 is 20.1 Å². The summed E-state index contributed by atoms with van der Waals surface area (Å²) in [4.78, 5) is 22.5. The maximum absolute atomic E-state index is 10.8. The smallest absolute Gasteiger partial charge is 0.404 e. The molecule has 1 aliphatic heterocycles. The SMILES string of the molecule is O=C(O)NCCN1CCOc2ccc([N+](=O)[O-])cc21. The summed E-state index contributed by atoms with van der Waals surface area (Å²) in [6, 6.07) is 4.39. The Bertz CT molecular complexity index is 505. The molecular formula is C11H13N3O5. The van der Waals surface area contributed by atoms with Crippen LogP contribution in [0.15, 0.2) is 18.2 Å². The van der Waals surface area contributed by atoms with Gasteiger partial charge in [0.2, 0.25) is 0 Å². The topological polar surface area (TPSA) is 105 Å². The highest BCUT2D eigenvalue weighted by molar-refractivity contribution is 5.66. The van der Waals surface area contributed by atoms with Gasteiger partial charge in [-0.15, -0.1) is 0 Å². The van der Waals surface area contributed by atoms with Crippen LogP contribution in [0.4, 0.5) is 16.2 Å². The maximum atomic E-state index is 10.8. The zero-order valence-electron chi connectivity index (χ0n) is 10.0. The van der Waals surface area contributed by atoms with Crippen molar-refractivity contribution >= 4 is 17.5 Å². The molecule has 0 bridgehead atoms. The van der Waals surface area contributed by atoms with E-state index in [1.807, 2.05) is 4.90 Å². The molecule has 0 saturated heterocycles. The number of carboxylic acid groups (broad SMARTS) is 1. The van der Waals surface area contributed by atoms with Gasteiger partial charge in [-0.25, -0.2) is 4.79 Å². The van der Waals surface area contributed by atoms with Gasteiger partial charge in [0.1, 0.15) is 12.4 Å². The lowest BCUT2D eigenvalue weighted by Gasteiger charge is -2.30.